The zero-order chi connectivity index (χ0) is 48.9. The molecule has 0 unspecified atom stereocenters. The highest BCUT2D eigenvalue weighted by Crippen LogP contribution is 2.44. The van der Waals surface area contributed by atoms with Crippen molar-refractivity contribution in [2.24, 2.45) is 0 Å². The van der Waals surface area contributed by atoms with E-state index in [0.717, 1.165) is 70.9 Å². The van der Waals surface area contributed by atoms with Gasteiger partial charge in [0, 0.05) is 16.7 Å². The lowest BCUT2D eigenvalue weighted by Crippen LogP contribution is -2.27. The number of fused-ring (bicyclic) bond motifs is 4. The van der Waals surface area contributed by atoms with Crippen molar-refractivity contribution < 1.29 is 33.7 Å². The van der Waals surface area contributed by atoms with Crippen molar-refractivity contribution in [1.29, 1.82) is 0 Å². The van der Waals surface area contributed by atoms with Crippen LogP contribution in [0.3, 0.4) is 0 Å². The first-order chi connectivity index (χ1) is 33.1. The summed E-state index contributed by atoms with van der Waals surface area (Å²) < 4.78 is 17.0. The second kappa shape index (κ2) is 20.1. The third-order valence-corrected chi connectivity index (χ3v) is 11.5. The van der Waals surface area contributed by atoms with E-state index in [4.69, 9.17) is 14.2 Å². The third kappa shape index (κ3) is 10.9. The van der Waals surface area contributed by atoms with Crippen molar-refractivity contribution in [1.82, 2.24) is 0 Å². The van der Waals surface area contributed by atoms with Gasteiger partial charge in [-0.25, -0.2) is 14.4 Å². The summed E-state index contributed by atoms with van der Waals surface area (Å²) in [7, 11) is 0. The predicted octanol–water partition coefficient (Wildman–Crippen LogP) is 15.4. The predicted molar refractivity (Wildman–Crippen MR) is 280 cm³/mol. The Labute approximate surface area is 402 Å². The molecule has 0 fully saturated rings. The molecule has 1 atom stereocenters. The quantitative estimate of drug-likeness (QED) is 0.102. The zero-order valence-corrected chi connectivity index (χ0v) is 39.9. The highest BCUT2D eigenvalue weighted by atomic mass is 16.6. The molecular weight excluding hydrogens is 861 g/mol. The van der Waals surface area contributed by atoms with Gasteiger partial charge in [0.2, 0.25) is 0 Å². The number of ether oxygens (including phenoxy) is 3. The first-order valence-corrected chi connectivity index (χ1v) is 23.0. The Morgan fingerprint density at radius 2 is 0.841 bits per heavy atom. The molecule has 69 heavy (non-hydrogen) atoms. The van der Waals surface area contributed by atoms with E-state index in [-0.39, 0.29) is 6.61 Å². The standard InChI is InChI=1S/C34H31NO4.C26H25NO3/c1-22(23-12-6-5-7-13-23)38-32(36)28-20-18-24-14-8-10-16-26(24)30(28)31-27-17-11-9-15-25(27)19-21-29(31)35-33(37)39-34(2,3)4;1-26(2,3)30-25(29)27-22-15-14-18-9-5-7-11-21(18)24(22)23-19(16-28)13-12-17-8-4-6-10-20(17)23/h5-22H,1-4H3,(H,35,37);4-15,28H,16H2,1-3H3,(H,27,29)/t22-;/m0./s1. The number of carbonyl (C=O) groups is 3. The molecule has 9 nitrogen and oxygen atoms in total. The van der Waals surface area contributed by atoms with Gasteiger partial charge >= 0.3 is 18.2 Å². The lowest BCUT2D eigenvalue weighted by atomic mass is 9.89. The molecular formula is C60H56N2O7. The summed E-state index contributed by atoms with van der Waals surface area (Å²) >= 11 is 0. The largest absolute Gasteiger partial charge is 0.454 e. The highest BCUT2D eigenvalue weighted by Gasteiger charge is 2.26. The monoisotopic (exact) mass is 916 g/mol. The van der Waals surface area contributed by atoms with Crippen LogP contribution in [0.2, 0.25) is 0 Å². The van der Waals surface area contributed by atoms with Crippen LogP contribution in [0.1, 0.15) is 76.1 Å². The molecule has 0 saturated heterocycles. The maximum atomic E-state index is 13.8. The molecule has 0 spiro atoms. The number of aliphatic hydroxyl groups is 1. The summed E-state index contributed by atoms with van der Waals surface area (Å²) in [5.41, 5.74) is 5.27. The van der Waals surface area contributed by atoms with Crippen LogP contribution >= 0.6 is 0 Å². The lowest BCUT2D eigenvalue weighted by molar-refractivity contribution is 0.0338. The van der Waals surface area contributed by atoms with Crippen molar-refractivity contribution in [3.05, 3.63) is 193 Å². The maximum absolute atomic E-state index is 13.8. The molecule has 0 aliphatic carbocycles. The highest BCUT2D eigenvalue weighted by molar-refractivity contribution is 6.17. The van der Waals surface area contributed by atoms with E-state index in [1.807, 2.05) is 218 Å². The SMILES string of the molecule is CC(C)(C)OC(=O)Nc1ccc2ccccc2c1-c1c(CO)ccc2ccccc12.C[C@H](OC(=O)c1ccc2ccccc2c1-c1c(NC(=O)OC(C)(C)C)ccc2ccccc12)c1ccccc1. The minimum atomic E-state index is -0.664. The molecule has 0 radical (unpaired) electrons. The van der Waals surface area contributed by atoms with Gasteiger partial charge in [0.05, 0.1) is 23.5 Å². The molecule has 3 N–H and O–H groups in total. The molecule has 9 aromatic rings. The van der Waals surface area contributed by atoms with Gasteiger partial charge in [-0.3, -0.25) is 10.6 Å². The van der Waals surface area contributed by atoms with Crippen molar-refractivity contribution in [3.63, 3.8) is 0 Å². The summed E-state index contributed by atoms with van der Waals surface area (Å²) in [5, 5.41) is 23.9. The van der Waals surface area contributed by atoms with Gasteiger partial charge in [0.15, 0.2) is 0 Å². The fourth-order valence-corrected chi connectivity index (χ4v) is 8.59. The van der Waals surface area contributed by atoms with Crippen LogP contribution in [0.4, 0.5) is 21.0 Å². The van der Waals surface area contributed by atoms with Crippen LogP contribution in [0.5, 0.6) is 0 Å². The minimum Gasteiger partial charge on any atom is -0.454 e. The Kier molecular flexibility index (Phi) is 13.8. The van der Waals surface area contributed by atoms with Crippen LogP contribution in [-0.4, -0.2) is 34.5 Å². The number of rotatable bonds is 8. The van der Waals surface area contributed by atoms with Gasteiger partial charge in [-0.15, -0.1) is 0 Å². The summed E-state index contributed by atoms with van der Waals surface area (Å²) in [5.74, 6) is -0.441. The second-order valence-corrected chi connectivity index (χ2v) is 18.8. The van der Waals surface area contributed by atoms with Gasteiger partial charge in [-0.1, -0.05) is 158 Å². The molecule has 0 heterocycles. The summed E-state index contributed by atoms with van der Waals surface area (Å²) in [4.78, 5) is 39.3. The van der Waals surface area contributed by atoms with Crippen molar-refractivity contribution >= 4 is 72.6 Å². The number of anilines is 2. The summed E-state index contributed by atoms with van der Waals surface area (Å²) in [6, 6.07) is 56.9. The van der Waals surface area contributed by atoms with Crippen molar-refractivity contribution in [2.45, 2.75) is 72.4 Å². The first kappa shape index (κ1) is 47.5. The Morgan fingerprint density at radius 1 is 0.464 bits per heavy atom. The number of hydrogen-bond acceptors (Lipinski definition) is 7. The van der Waals surface area contributed by atoms with Gasteiger partial charge in [0.1, 0.15) is 17.3 Å². The third-order valence-electron chi connectivity index (χ3n) is 11.5. The number of aliphatic hydroxyl groups excluding tert-OH is 1. The van der Waals surface area contributed by atoms with Crippen LogP contribution in [-0.2, 0) is 20.8 Å². The zero-order valence-electron chi connectivity index (χ0n) is 39.9. The van der Waals surface area contributed by atoms with Crippen molar-refractivity contribution in [3.8, 4) is 22.3 Å². The average Bonchev–Trinajstić information content (AvgIpc) is 3.32. The van der Waals surface area contributed by atoms with E-state index in [0.29, 0.717) is 22.5 Å². The van der Waals surface area contributed by atoms with E-state index in [1.54, 1.807) is 6.07 Å². The molecule has 0 saturated carbocycles. The molecule has 9 heteroatoms. The van der Waals surface area contributed by atoms with Gasteiger partial charge < -0.3 is 19.3 Å². The number of hydrogen-bond donors (Lipinski definition) is 3. The number of amides is 2. The van der Waals surface area contributed by atoms with E-state index < -0.39 is 35.5 Å². The topological polar surface area (TPSA) is 123 Å². The van der Waals surface area contributed by atoms with Crippen molar-refractivity contribution in [2.75, 3.05) is 10.6 Å². The molecule has 0 bridgehead atoms. The molecule has 0 aliphatic rings. The van der Waals surface area contributed by atoms with E-state index in [2.05, 4.69) is 10.6 Å². The molecule has 2 amide bonds. The second-order valence-electron chi connectivity index (χ2n) is 18.8. The van der Waals surface area contributed by atoms with Crippen LogP contribution in [0, 0.1) is 0 Å². The Hall–Kier alpha value is -8.01. The normalized spacial score (nSPS) is 11.9. The average molecular weight is 917 g/mol. The molecule has 348 valence electrons. The maximum Gasteiger partial charge on any atom is 0.412 e. The minimum absolute atomic E-state index is 0.102. The van der Waals surface area contributed by atoms with Crippen LogP contribution in [0.15, 0.2) is 176 Å². The van der Waals surface area contributed by atoms with Gasteiger partial charge in [-0.05, 0) is 126 Å². The fraction of sp³-hybridized carbons (Fsp3) is 0.183. The lowest BCUT2D eigenvalue weighted by Gasteiger charge is -2.22. The first-order valence-electron chi connectivity index (χ1n) is 23.0. The summed E-state index contributed by atoms with van der Waals surface area (Å²) in [6.45, 7) is 12.7. The van der Waals surface area contributed by atoms with E-state index >= 15 is 0 Å². The molecule has 9 aromatic carbocycles. The van der Waals surface area contributed by atoms with Gasteiger partial charge in [-0.2, -0.15) is 0 Å². The number of carbonyl (C=O) groups excluding carboxylic acids is 3. The number of esters is 1. The van der Waals surface area contributed by atoms with Crippen LogP contribution < -0.4 is 10.6 Å². The molecule has 0 aromatic heterocycles. The Bertz CT molecular complexity index is 3350. The van der Waals surface area contributed by atoms with Gasteiger partial charge in [0.25, 0.3) is 0 Å². The molecule has 9 rings (SSSR count). The number of nitrogens with one attached hydrogen (secondary N) is 2. The summed E-state index contributed by atoms with van der Waals surface area (Å²) in [6.07, 6.45) is -1.52. The smallest absolute Gasteiger partial charge is 0.412 e. The number of benzene rings is 9. The molecule has 0 aliphatic heterocycles. The van der Waals surface area contributed by atoms with Crippen LogP contribution in [0.25, 0.3) is 65.3 Å². The van der Waals surface area contributed by atoms with E-state index in [9.17, 15) is 19.5 Å². The Balaban J connectivity index is 0.000000192. The Morgan fingerprint density at radius 3 is 1.29 bits per heavy atom. The fourth-order valence-electron chi connectivity index (χ4n) is 8.59. The van der Waals surface area contributed by atoms with E-state index in [1.165, 1.54) is 0 Å².